The van der Waals surface area contributed by atoms with Crippen LogP contribution in [-0.4, -0.2) is 26.0 Å². The van der Waals surface area contributed by atoms with E-state index >= 15 is 0 Å². The number of aromatic nitrogens is 3. The minimum Gasteiger partial charge on any atom is -0.506 e. The van der Waals surface area contributed by atoms with Gasteiger partial charge in [0.1, 0.15) is 11.4 Å². The van der Waals surface area contributed by atoms with E-state index in [1.165, 1.54) is 0 Å². The van der Waals surface area contributed by atoms with Crippen molar-refractivity contribution in [2.24, 2.45) is 0 Å². The smallest absolute Gasteiger partial charge is 0.373 e. The molecule has 2 aromatic rings. The van der Waals surface area contributed by atoms with Crippen LogP contribution in [0.4, 0.5) is 0 Å². The van der Waals surface area contributed by atoms with Gasteiger partial charge in [0.25, 0.3) is 0 Å². The van der Waals surface area contributed by atoms with Crippen LogP contribution in [0.25, 0.3) is 11.4 Å². The van der Waals surface area contributed by atoms with Gasteiger partial charge in [-0.2, -0.15) is 14.7 Å². The fraction of sp³-hybridized carbons (Fsp3) is 0.308. The minimum atomic E-state index is 0.164. The lowest BCUT2D eigenvalue weighted by Gasteiger charge is -2.05. The van der Waals surface area contributed by atoms with Crippen molar-refractivity contribution in [3.05, 3.63) is 28.5 Å². The Bertz CT molecular complexity index is 619. The molecule has 6 nitrogen and oxygen atoms in total. The molecule has 0 aliphatic rings. The van der Waals surface area contributed by atoms with Crippen molar-refractivity contribution in [3.8, 4) is 17.1 Å². The Morgan fingerprint density at radius 3 is 2.50 bits per heavy atom. The summed E-state index contributed by atoms with van der Waals surface area (Å²) < 4.78 is 2.62. The second kappa shape index (κ2) is 7.57. The summed E-state index contributed by atoms with van der Waals surface area (Å²) in [5, 5.41) is 14.4. The van der Waals surface area contributed by atoms with E-state index in [2.05, 4.69) is 32.9 Å². The molecule has 0 spiro atoms. The molecular weight excluding hydrogens is 326 g/mol. The second-order valence-electron chi connectivity index (χ2n) is 3.79. The number of hydrogen-bond acceptors (Lipinski definition) is 5. The maximum absolute atomic E-state index is 9.91. The molecule has 20 heavy (non-hydrogen) atoms. The molecule has 7 heteroatoms. The van der Waals surface area contributed by atoms with E-state index in [-0.39, 0.29) is 11.9 Å². The first kappa shape index (κ1) is 16.1. The first-order chi connectivity index (χ1) is 9.57. The van der Waals surface area contributed by atoms with Gasteiger partial charge < -0.3 is 5.11 Å². The SMILES string of the molecule is CCc1cc(-c2ncc(Br)cc2O)n(CC)n1.O=C=O. The first-order valence-electron chi connectivity index (χ1n) is 5.98. The van der Waals surface area contributed by atoms with Gasteiger partial charge in [-0.25, -0.2) is 4.98 Å². The number of aryl methyl sites for hydroxylation is 2. The molecule has 0 unspecified atom stereocenters. The van der Waals surface area contributed by atoms with Gasteiger partial charge in [-0.1, -0.05) is 6.92 Å². The van der Waals surface area contributed by atoms with Gasteiger partial charge in [0.05, 0.1) is 11.4 Å². The zero-order chi connectivity index (χ0) is 15.1. The number of aromatic hydroxyl groups is 1. The maximum Gasteiger partial charge on any atom is 0.373 e. The van der Waals surface area contributed by atoms with Crippen molar-refractivity contribution in [1.29, 1.82) is 0 Å². The van der Waals surface area contributed by atoms with E-state index < -0.39 is 0 Å². The fourth-order valence-electron chi connectivity index (χ4n) is 1.70. The Hall–Kier alpha value is -1.98. The molecule has 2 aromatic heterocycles. The zero-order valence-corrected chi connectivity index (χ0v) is 12.7. The molecular formula is C13H14BrN3O3. The van der Waals surface area contributed by atoms with Gasteiger partial charge in [-0.05, 0) is 41.4 Å². The molecule has 1 N–H and O–H groups in total. The maximum atomic E-state index is 9.91. The number of halogens is 1. The second-order valence-corrected chi connectivity index (χ2v) is 4.71. The van der Waals surface area contributed by atoms with Gasteiger partial charge >= 0.3 is 6.15 Å². The standard InChI is InChI=1S/C12H14BrN3O.CO2/c1-3-9-6-10(16(4-2)15-9)12-11(17)5-8(13)7-14-12;2-1-3/h5-7,17H,3-4H2,1-2H3;. The van der Waals surface area contributed by atoms with Crippen LogP contribution in [0.3, 0.4) is 0 Å². The lowest BCUT2D eigenvalue weighted by atomic mass is 10.2. The number of hydrogen-bond donors (Lipinski definition) is 1. The Kier molecular flexibility index (Phi) is 6.09. The van der Waals surface area contributed by atoms with Crippen LogP contribution in [0.2, 0.25) is 0 Å². The Morgan fingerprint density at radius 1 is 1.35 bits per heavy atom. The molecule has 0 saturated carbocycles. The third-order valence-corrected chi connectivity index (χ3v) is 3.00. The molecule has 0 aromatic carbocycles. The third kappa shape index (κ3) is 3.76. The van der Waals surface area contributed by atoms with E-state index in [4.69, 9.17) is 9.59 Å². The van der Waals surface area contributed by atoms with Gasteiger partial charge in [0, 0.05) is 17.2 Å². The molecule has 106 valence electrons. The van der Waals surface area contributed by atoms with Gasteiger partial charge in [-0.3, -0.25) is 4.68 Å². The van der Waals surface area contributed by atoms with Crippen molar-refractivity contribution >= 4 is 22.1 Å². The van der Waals surface area contributed by atoms with Gasteiger partial charge in [-0.15, -0.1) is 0 Å². The topological polar surface area (TPSA) is 85.1 Å². The lowest BCUT2D eigenvalue weighted by molar-refractivity contribution is -0.191. The highest BCUT2D eigenvalue weighted by Gasteiger charge is 2.13. The van der Waals surface area contributed by atoms with Crippen molar-refractivity contribution in [2.75, 3.05) is 0 Å². The zero-order valence-electron chi connectivity index (χ0n) is 11.1. The predicted molar refractivity (Wildman–Crippen MR) is 74.9 cm³/mol. The summed E-state index contributed by atoms with van der Waals surface area (Å²) in [6.07, 6.45) is 2.80. The Labute approximate surface area is 124 Å². The van der Waals surface area contributed by atoms with Crippen molar-refractivity contribution in [1.82, 2.24) is 14.8 Å². The molecule has 0 fully saturated rings. The molecule has 0 aliphatic heterocycles. The van der Waals surface area contributed by atoms with E-state index in [1.54, 1.807) is 12.3 Å². The highest BCUT2D eigenvalue weighted by molar-refractivity contribution is 9.10. The lowest BCUT2D eigenvalue weighted by Crippen LogP contribution is -2.00. The van der Waals surface area contributed by atoms with Crippen LogP contribution in [0.5, 0.6) is 5.75 Å². The summed E-state index contributed by atoms with van der Waals surface area (Å²) in [4.78, 5) is 20.5. The largest absolute Gasteiger partial charge is 0.506 e. The van der Waals surface area contributed by atoms with Gasteiger partial charge in [0.2, 0.25) is 0 Å². The average Bonchev–Trinajstić information content (AvgIpc) is 2.83. The molecule has 0 bridgehead atoms. The van der Waals surface area contributed by atoms with E-state index in [9.17, 15) is 5.11 Å². The van der Waals surface area contributed by atoms with Crippen LogP contribution >= 0.6 is 15.9 Å². The van der Waals surface area contributed by atoms with Crippen molar-refractivity contribution < 1.29 is 14.7 Å². The van der Waals surface area contributed by atoms with E-state index in [1.807, 2.05) is 17.7 Å². The summed E-state index contributed by atoms with van der Waals surface area (Å²) in [5.41, 5.74) is 2.43. The Balaban J connectivity index is 0.000000612. The highest BCUT2D eigenvalue weighted by Crippen LogP contribution is 2.29. The molecule has 2 rings (SSSR count). The summed E-state index contributed by atoms with van der Waals surface area (Å²) >= 11 is 3.28. The summed E-state index contributed by atoms with van der Waals surface area (Å²) in [7, 11) is 0. The van der Waals surface area contributed by atoms with Crippen molar-refractivity contribution in [2.45, 2.75) is 26.8 Å². The molecule has 0 radical (unpaired) electrons. The van der Waals surface area contributed by atoms with Crippen LogP contribution in [-0.2, 0) is 22.6 Å². The Morgan fingerprint density at radius 2 is 2.00 bits per heavy atom. The summed E-state index contributed by atoms with van der Waals surface area (Å²) in [6.45, 7) is 4.83. The normalized spacial score (nSPS) is 9.55. The van der Waals surface area contributed by atoms with Crippen LogP contribution in [0.15, 0.2) is 22.8 Å². The molecule has 0 amide bonds. The van der Waals surface area contributed by atoms with Crippen LogP contribution in [0.1, 0.15) is 19.5 Å². The molecule has 0 saturated heterocycles. The molecule has 0 atom stereocenters. The van der Waals surface area contributed by atoms with E-state index in [0.29, 0.717) is 5.69 Å². The number of rotatable bonds is 3. The number of carbonyl (C=O) groups excluding carboxylic acids is 2. The molecule has 0 aliphatic carbocycles. The van der Waals surface area contributed by atoms with Crippen LogP contribution < -0.4 is 0 Å². The molecule has 2 heterocycles. The third-order valence-electron chi connectivity index (χ3n) is 2.57. The predicted octanol–water partition coefficient (Wildman–Crippen LogP) is 2.41. The van der Waals surface area contributed by atoms with E-state index in [0.717, 1.165) is 28.8 Å². The minimum absolute atomic E-state index is 0.164. The summed E-state index contributed by atoms with van der Waals surface area (Å²) in [5.74, 6) is 0.164. The van der Waals surface area contributed by atoms with Gasteiger partial charge in [0.15, 0.2) is 0 Å². The summed E-state index contributed by atoms with van der Waals surface area (Å²) in [6, 6.07) is 3.61. The van der Waals surface area contributed by atoms with Crippen LogP contribution in [0, 0.1) is 0 Å². The number of nitrogens with zero attached hydrogens (tertiary/aromatic N) is 3. The average molecular weight is 340 g/mol. The first-order valence-corrected chi connectivity index (χ1v) is 6.77. The number of pyridine rings is 1. The fourth-order valence-corrected chi connectivity index (χ4v) is 2.02. The van der Waals surface area contributed by atoms with Crippen molar-refractivity contribution in [3.63, 3.8) is 0 Å². The monoisotopic (exact) mass is 339 g/mol. The highest BCUT2D eigenvalue weighted by atomic mass is 79.9. The quantitative estimate of drug-likeness (QED) is 0.927.